The molecule has 0 atom stereocenters. The van der Waals surface area contributed by atoms with Crippen molar-refractivity contribution < 1.29 is 4.74 Å². The Morgan fingerprint density at radius 1 is 1.25 bits per heavy atom. The van der Waals surface area contributed by atoms with Gasteiger partial charge in [0, 0.05) is 11.4 Å². The molecule has 0 unspecified atom stereocenters. The van der Waals surface area contributed by atoms with E-state index >= 15 is 0 Å². The van der Waals surface area contributed by atoms with Gasteiger partial charge in [0.2, 0.25) is 0 Å². The van der Waals surface area contributed by atoms with Gasteiger partial charge in [-0.2, -0.15) is 0 Å². The van der Waals surface area contributed by atoms with Crippen molar-refractivity contribution in [3.05, 3.63) is 29.8 Å². The standard InChI is InChI=1S/C13H18BrNO/c1-16-13-4-2-11(3-5-13)10-15-8-6-12(14)7-9-15/h2-5,12H,6-10H2,1H3. The van der Waals surface area contributed by atoms with Crippen LogP contribution in [0.1, 0.15) is 18.4 Å². The molecule has 0 amide bonds. The first-order valence-corrected chi connectivity index (χ1v) is 6.69. The third kappa shape index (κ3) is 3.22. The number of piperidine rings is 1. The summed E-state index contributed by atoms with van der Waals surface area (Å²) in [5.41, 5.74) is 1.37. The van der Waals surface area contributed by atoms with Crippen molar-refractivity contribution in [3.63, 3.8) is 0 Å². The van der Waals surface area contributed by atoms with Crippen molar-refractivity contribution in [2.24, 2.45) is 0 Å². The summed E-state index contributed by atoms with van der Waals surface area (Å²) in [7, 11) is 1.70. The molecule has 1 saturated heterocycles. The molecule has 0 N–H and O–H groups in total. The van der Waals surface area contributed by atoms with Gasteiger partial charge < -0.3 is 4.74 Å². The third-order valence-electron chi connectivity index (χ3n) is 3.08. The summed E-state index contributed by atoms with van der Waals surface area (Å²) < 4.78 is 5.15. The van der Waals surface area contributed by atoms with Crippen LogP contribution in [0.15, 0.2) is 24.3 Å². The Morgan fingerprint density at radius 2 is 1.88 bits per heavy atom. The van der Waals surface area contributed by atoms with Gasteiger partial charge in [-0.1, -0.05) is 28.1 Å². The zero-order chi connectivity index (χ0) is 11.4. The molecule has 1 heterocycles. The molecule has 88 valence electrons. The number of ether oxygens (including phenoxy) is 1. The average Bonchev–Trinajstić information content (AvgIpc) is 2.33. The van der Waals surface area contributed by atoms with Crippen LogP contribution >= 0.6 is 15.9 Å². The number of alkyl halides is 1. The number of methoxy groups -OCH3 is 1. The monoisotopic (exact) mass is 283 g/mol. The van der Waals surface area contributed by atoms with Gasteiger partial charge in [0.1, 0.15) is 5.75 Å². The molecule has 1 aromatic carbocycles. The lowest BCUT2D eigenvalue weighted by molar-refractivity contribution is 0.226. The quantitative estimate of drug-likeness (QED) is 0.791. The molecule has 3 heteroatoms. The topological polar surface area (TPSA) is 12.5 Å². The van der Waals surface area contributed by atoms with E-state index in [0.717, 1.165) is 17.1 Å². The van der Waals surface area contributed by atoms with E-state index < -0.39 is 0 Å². The minimum atomic E-state index is 0.722. The van der Waals surface area contributed by atoms with Gasteiger partial charge in [0.05, 0.1) is 7.11 Å². The van der Waals surface area contributed by atoms with E-state index in [-0.39, 0.29) is 0 Å². The van der Waals surface area contributed by atoms with Gasteiger partial charge in [-0.25, -0.2) is 0 Å². The van der Waals surface area contributed by atoms with Gasteiger partial charge in [0.15, 0.2) is 0 Å². The lowest BCUT2D eigenvalue weighted by Crippen LogP contribution is -2.33. The Labute approximate surface area is 106 Å². The summed E-state index contributed by atoms with van der Waals surface area (Å²) in [6.07, 6.45) is 2.52. The highest BCUT2D eigenvalue weighted by atomic mass is 79.9. The van der Waals surface area contributed by atoms with E-state index in [4.69, 9.17) is 4.74 Å². The number of benzene rings is 1. The fraction of sp³-hybridized carbons (Fsp3) is 0.538. The second kappa shape index (κ2) is 5.69. The normalized spacial score (nSPS) is 18.6. The zero-order valence-electron chi connectivity index (χ0n) is 9.66. The van der Waals surface area contributed by atoms with Crippen LogP contribution in [0.3, 0.4) is 0 Å². The number of hydrogen-bond donors (Lipinski definition) is 0. The lowest BCUT2D eigenvalue weighted by atomic mass is 10.1. The minimum Gasteiger partial charge on any atom is -0.497 e. The van der Waals surface area contributed by atoms with E-state index in [1.165, 1.54) is 31.5 Å². The molecule has 0 radical (unpaired) electrons. The van der Waals surface area contributed by atoms with Crippen molar-refractivity contribution in [3.8, 4) is 5.75 Å². The van der Waals surface area contributed by atoms with Crippen molar-refractivity contribution in [1.29, 1.82) is 0 Å². The minimum absolute atomic E-state index is 0.722. The Balaban J connectivity index is 1.88. The van der Waals surface area contributed by atoms with Gasteiger partial charge in [-0.15, -0.1) is 0 Å². The number of hydrogen-bond acceptors (Lipinski definition) is 2. The van der Waals surface area contributed by atoms with E-state index in [1.807, 2.05) is 12.1 Å². The Bertz CT molecular complexity index is 317. The Kier molecular flexibility index (Phi) is 4.24. The fourth-order valence-electron chi connectivity index (χ4n) is 2.05. The molecule has 2 rings (SSSR count). The molecule has 16 heavy (non-hydrogen) atoms. The van der Waals surface area contributed by atoms with Gasteiger partial charge in [0.25, 0.3) is 0 Å². The second-order valence-corrected chi connectivity index (χ2v) is 5.59. The molecule has 0 aliphatic carbocycles. The van der Waals surface area contributed by atoms with E-state index in [1.54, 1.807) is 7.11 Å². The second-order valence-electron chi connectivity index (χ2n) is 4.30. The molecule has 1 aliphatic heterocycles. The van der Waals surface area contributed by atoms with Gasteiger partial charge >= 0.3 is 0 Å². The van der Waals surface area contributed by atoms with Crippen LogP contribution in [0.25, 0.3) is 0 Å². The maximum atomic E-state index is 5.15. The van der Waals surface area contributed by atoms with E-state index in [0.29, 0.717) is 0 Å². The molecule has 1 aromatic rings. The predicted molar refractivity (Wildman–Crippen MR) is 70.2 cm³/mol. The molecule has 2 nitrogen and oxygen atoms in total. The number of likely N-dealkylation sites (tertiary alicyclic amines) is 1. The highest BCUT2D eigenvalue weighted by Crippen LogP contribution is 2.20. The van der Waals surface area contributed by atoms with Crippen LogP contribution in [-0.2, 0) is 6.54 Å². The molecule has 1 aliphatic rings. The molecular weight excluding hydrogens is 266 g/mol. The first-order chi connectivity index (χ1) is 7.78. The fourth-order valence-corrected chi connectivity index (χ4v) is 2.46. The maximum absolute atomic E-state index is 5.15. The molecule has 1 fully saturated rings. The number of halogens is 1. The molecular formula is C13H18BrNO. The van der Waals surface area contributed by atoms with E-state index in [2.05, 4.69) is 33.0 Å². The SMILES string of the molecule is COc1ccc(CN2CCC(Br)CC2)cc1. The first kappa shape index (κ1) is 11.9. The lowest BCUT2D eigenvalue weighted by Gasteiger charge is -2.29. The summed E-state index contributed by atoms with van der Waals surface area (Å²) >= 11 is 3.68. The van der Waals surface area contributed by atoms with Crippen molar-refractivity contribution in [1.82, 2.24) is 4.90 Å². The van der Waals surface area contributed by atoms with E-state index in [9.17, 15) is 0 Å². The zero-order valence-corrected chi connectivity index (χ0v) is 11.2. The van der Waals surface area contributed by atoms with Crippen molar-refractivity contribution >= 4 is 15.9 Å². The maximum Gasteiger partial charge on any atom is 0.118 e. The van der Waals surface area contributed by atoms with Crippen molar-refractivity contribution in [2.45, 2.75) is 24.2 Å². The van der Waals surface area contributed by atoms with Crippen LogP contribution in [0.4, 0.5) is 0 Å². The summed E-state index contributed by atoms with van der Waals surface area (Å²) in [5.74, 6) is 0.933. The summed E-state index contributed by atoms with van der Waals surface area (Å²) in [5, 5.41) is 0. The van der Waals surface area contributed by atoms with Crippen LogP contribution in [0, 0.1) is 0 Å². The molecule has 0 bridgehead atoms. The summed E-state index contributed by atoms with van der Waals surface area (Å²) in [6.45, 7) is 3.45. The highest BCUT2D eigenvalue weighted by Gasteiger charge is 2.16. The first-order valence-electron chi connectivity index (χ1n) is 5.77. The van der Waals surface area contributed by atoms with Crippen LogP contribution in [0.2, 0.25) is 0 Å². The Hall–Kier alpha value is -0.540. The predicted octanol–water partition coefficient (Wildman–Crippen LogP) is 3.05. The largest absolute Gasteiger partial charge is 0.497 e. The average molecular weight is 284 g/mol. The number of rotatable bonds is 3. The molecule has 0 aromatic heterocycles. The summed E-state index contributed by atoms with van der Waals surface area (Å²) in [4.78, 5) is 3.24. The van der Waals surface area contributed by atoms with Crippen LogP contribution < -0.4 is 4.74 Å². The van der Waals surface area contributed by atoms with Gasteiger partial charge in [-0.05, 0) is 43.6 Å². The summed E-state index contributed by atoms with van der Waals surface area (Å²) in [6, 6.07) is 8.37. The van der Waals surface area contributed by atoms with Gasteiger partial charge in [-0.3, -0.25) is 4.90 Å². The van der Waals surface area contributed by atoms with Crippen LogP contribution in [-0.4, -0.2) is 29.9 Å². The Morgan fingerprint density at radius 3 is 2.44 bits per heavy atom. The molecule has 0 spiro atoms. The number of nitrogens with zero attached hydrogens (tertiary/aromatic N) is 1. The smallest absolute Gasteiger partial charge is 0.118 e. The highest BCUT2D eigenvalue weighted by molar-refractivity contribution is 9.09. The molecule has 0 saturated carbocycles. The van der Waals surface area contributed by atoms with Crippen molar-refractivity contribution in [2.75, 3.05) is 20.2 Å². The van der Waals surface area contributed by atoms with Crippen LogP contribution in [0.5, 0.6) is 5.75 Å². The third-order valence-corrected chi connectivity index (χ3v) is 4.00.